The van der Waals surface area contributed by atoms with Gasteiger partial charge in [0.25, 0.3) is 5.91 Å². The second-order valence-electron chi connectivity index (χ2n) is 5.94. The standard InChI is InChI=1S/C19H22ClN3O2/c1-4-23(12(2)3)15-8-5-13(6-9-15)19(25)22-17-11-14(18(21)24)7-10-16(17)20/h5-12H,4H2,1-3H3,(H2,21,24)(H,22,25). The van der Waals surface area contributed by atoms with E-state index in [-0.39, 0.29) is 11.5 Å². The Kier molecular flexibility index (Phi) is 6.04. The summed E-state index contributed by atoms with van der Waals surface area (Å²) in [6, 6.07) is 12.2. The molecule has 0 radical (unpaired) electrons. The summed E-state index contributed by atoms with van der Waals surface area (Å²) in [5.41, 5.74) is 7.45. The van der Waals surface area contributed by atoms with Crippen molar-refractivity contribution in [3.8, 4) is 0 Å². The molecule has 0 bridgehead atoms. The largest absolute Gasteiger partial charge is 0.369 e. The molecule has 0 aliphatic carbocycles. The number of primary amides is 1. The number of nitrogens with zero attached hydrogens (tertiary/aromatic N) is 1. The molecule has 2 rings (SSSR count). The average molecular weight is 360 g/mol. The first-order valence-electron chi connectivity index (χ1n) is 8.11. The van der Waals surface area contributed by atoms with Gasteiger partial charge in [-0.2, -0.15) is 0 Å². The second kappa shape index (κ2) is 8.03. The molecule has 2 amide bonds. The summed E-state index contributed by atoms with van der Waals surface area (Å²) in [5, 5.41) is 3.05. The molecule has 0 saturated carbocycles. The zero-order valence-corrected chi connectivity index (χ0v) is 15.3. The van der Waals surface area contributed by atoms with Gasteiger partial charge in [-0.25, -0.2) is 0 Å². The average Bonchev–Trinajstić information content (AvgIpc) is 2.57. The molecule has 5 nitrogen and oxygen atoms in total. The Morgan fingerprint density at radius 1 is 1.12 bits per heavy atom. The molecule has 2 aromatic rings. The van der Waals surface area contributed by atoms with Crippen molar-refractivity contribution >= 4 is 34.8 Å². The molecule has 132 valence electrons. The zero-order chi connectivity index (χ0) is 18.6. The molecule has 0 saturated heterocycles. The Labute approximate surface area is 152 Å². The summed E-state index contributed by atoms with van der Waals surface area (Å²) < 4.78 is 0. The van der Waals surface area contributed by atoms with E-state index >= 15 is 0 Å². The number of amides is 2. The van der Waals surface area contributed by atoms with Gasteiger partial charge in [0.15, 0.2) is 0 Å². The Hall–Kier alpha value is -2.53. The number of carbonyl (C=O) groups is 2. The van der Waals surface area contributed by atoms with Crippen LogP contribution in [0.15, 0.2) is 42.5 Å². The number of hydrogen-bond donors (Lipinski definition) is 2. The van der Waals surface area contributed by atoms with Crippen LogP contribution < -0.4 is 16.0 Å². The summed E-state index contributed by atoms with van der Waals surface area (Å²) in [5.74, 6) is -0.882. The minimum Gasteiger partial charge on any atom is -0.369 e. The fourth-order valence-corrected chi connectivity index (χ4v) is 2.78. The molecule has 0 unspecified atom stereocenters. The highest BCUT2D eigenvalue weighted by molar-refractivity contribution is 6.34. The lowest BCUT2D eigenvalue weighted by molar-refractivity contribution is 0.0996. The van der Waals surface area contributed by atoms with E-state index in [1.165, 1.54) is 18.2 Å². The van der Waals surface area contributed by atoms with Crippen molar-refractivity contribution in [3.05, 3.63) is 58.6 Å². The highest BCUT2D eigenvalue weighted by atomic mass is 35.5. The van der Waals surface area contributed by atoms with E-state index < -0.39 is 5.91 Å². The first-order valence-corrected chi connectivity index (χ1v) is 8.48. The number of halogens is 1. The number of anilines is 2. The monoisotopic (exact) mass is 359 g/mol. The lowest BCUT2D eigenvalue weighted by Gasteiger charge is -2.27. The Morgan fingerprint density at radius 2 is 1.72 bits per heavy atom. The Morgan fingerprint density at radius 3 is 2.24 bits per heavy atom. The molecule has 0 atom stereocenters. The smallest absolute Gasteiger partial charge is 0.255 e. The van der Waals surface area contributed by atoms with Crippen molar-refractivity contribution in [2.45, 2.75) is 26.8 Å². The topological polar surface area (TPSA) is 75.4 Å². The van der Waals surface area contributed by atoms with Gasteiger partial charge in [0.1, 0.15) is 0 Å². The quantitative estimate of drug-likeness (QED) is 0.820. The van der Waals surface area contributed by atoms with Gasteiger partial charge in [-0.05, 0) is 63.2 Å². The Balaban J connectivity index is 2.19. The SMILES string of the molecule is CCN(c1ccc(C(=O)Nc2cc(C(N)=O)ccc2Cl)cc1)C(C)C. The van der Waals surface area contributed by atoms with Gasteiger partial charge in [-0.3, -0.25) is 9.59 Å². The van der Waals surface area contributed by atoms with Gasteiger partial charge in [-0.15, -0.1) is 0 Å². The molecular weight excluding hydrogens is 338 g/mol. The number of rotatable bonds is 6. The van der Waals surface area contributed by atoms with Gasteiger partial charge in [0, 0.05) is 29.4 Å². The number of carbonyl (C=O) groups excluding carboxylic acids is 2. The van der Waals surface area contributed by atoms with Crippen LogP contribution in [-0.4, -0.2) is 24.4 Å². The van der Waals surface area contributed by atoms with Crippen molar-refractivity contribution in [2.75, 3.05) is 16.8 Å². The van der Waals surface area contributed by atoms with Crippen LogP contribution >= 0.6 is 11.6 Å². The predicted molar refractivity (Wildman–Crippen MR) is 103 cm³/mol. The highest BCUT2D eigenvalue weighted by Crippen LogP contribution is 2.24. The summed E-state index contributed by atoms with van der Waals surface area (Å²) >= 11 is 6.08. The van der Waals surface area contributed by atoms with E-state index in [2.05, 4.69) is 31.0 Å². The van der Waals surface area contributed by atoms with E-state index in [9.17, 15) is 9.59 Å². The van der Waals surface area contributed by atoms with Crippen LogP contribution in [0.3, 0.4) is 0 Å². The minimum absolute atomic E-state index is 0.283. The van der Waals surface area contributed by atoms with E-state index in [0.717, 1.165) is 12.2 Å². The number of hydrogen-bond acceptors (Lipinski definition) is 3. The van der Waals surface area contributed by atoms with Crippen LogP contribution in [0.5, 0.6) is 0 Å². The van der Waals surface area contributed by atoms with Crippen LogP contribution in [0.1, 0.15) is 41.5 Å². The second-order valence-corrected chi connectivity index (χ2v) is 6.35. The van der Waals surface area contributed by atoms with E-state index in [4.69, 9.17) is 17.3 Å². The molecular formula is C19H22ClN3O2. The number of nitrogens with one attached hydrogen (secondary N) is 1. The fraction of sp³-hybridized carbons (Fsp3) is 0.263. The lowest BCUT2D eigenvalue weighted by Crippen LogP contribution is -2.30. The van der Waals surface area contributed by atoms with E-state index in [0.29, 0.717) is 22.3 Å². The summed E-state index contributed by atoms with van der Waals surface area (Å²) in [7, 11) is 0. The van der Waals surface area contributed by atoms with Crippen molar-refractivity contribution in [1.82, 2.24) is 0 Å². The van der Waals surface area contributed by atoms with Gasteiger partial charge in [0.05, 0.1) is 10.7 Å². The molecule has 0 heterocycles. The molecule has 0 fully saturated rings. The number of benzene rings is 2. The lowest BCUT2D eigenvalue weighted by atomic mass is 10.1. The van der Waals surface area contributed by atoms with Crippen LogP contribution in [0.4, 0.5) is 11.4 Å². The molecule has 2 aromatic carbocycles. The van der Waals surface area contributed by atoms with Crippen LogP contribution in [0.25, 0.3) is 0 Å². The van der Waals surface area contributed by atoms with Gasteiger partial charge in [0.2, 0.25) is 5.91 Å². The molecule has 3 N–H and O–H groups in total. The van der Waals surface area contributed by atoms with Gasteiger partial charge in [-0.1, -0.05) is 11.6 Å². The third kappa shape index (κ3) is 4.51. The maximum absolute atomic E-state index is 12.4. The van der Waals surface area contributed by atoms with Crippen molar-refractivity contribution in [3.63, 3.8) is 0 Å². The van der Waals surface area contributed by atoms with Gasteiger partial charge >= 0.3 is 0 Å². The molecule has 0 aliphatic heterocycles. The maximum atomic E-state index is 12.4. The maximum Gasteiger partial charge on any atom is 0.255 e. The first kappa shape index (κ1) is 18.8. The van der Waals surface area contributed by atoms with E-state index in [1.807, 2.05) is 12.1 Å². The van der Waals surface area contributed by atoms with Crippen molar-refractivity contribution in [2.24, 2.45) is 5.73 Å². The summed E-state index contributed by atoms with van der Waals surface area (Å²) in [4.78, 5) is 25.9. The molecule has 25 heavy (non-hydrogen) atoms. The van der Waals surface area contributed by atoms with Crippen molar-refractivity contribution < 1.29 is 9.59 Å². The number of nitrogens with two attached hydrogens (primary N) is 1. The Bertz CT molecular complexity index is 773. The van der Waals surface area contributed by atoms with Crippen LogP contribution in [0.2, 0.25) is 5.02 Å². The molecule has 0 spiro atoms. The van der Waals surface area contributed by atoms with E-state index in [1.54, 1.807) is 12.1 Å². The zero-order valence-electron chi connectivity index (χ0n) is 14.5. The molecule has 6 heteroatoms. The third-order valence-corrected chi connectivity index (χ3v) is 4.25. The first-order chi connectivity index (χ1) is 11.8. The summed E-state index contributed by atoms with van der Waals surface area (Å²) in [6.07, 6.45) is 0. The molecule has 0 aromatic heterocycles. The molecule has 0 aliphatic rings. The minimum atomic E-state index is -0.579. The van der Waals surface area contributed by atoms with Crippen LogP contribution in [-0.2, 0) is 0 Å². The highest BCUT2D eigenvalue weighted by Gasteiger charge is 2.13. The third-order valence-electron chi connectivity index (χ3n) is 3.92. The summed E-state index contributed by atoms with van der Waals surface area (Å²) in [6.45, 7) is 7.22. The normalized spacial score (nSPS) is 10.6. The fourth-order valence-electron chi connectivity index (χ4n) is 2.62. The predicted octanol–water partition coefficient (Wildman–Crippen LogP) is 3.93. The van der Waals surface area contributed by atoms with Crippen LogP contribution in [0, 0.1) is 0 Å². The van der Waals surface area contributed by atoms with Gasteiger partial charge < -0.3 is 16.0 Å². The van der Waals surface area contributed by atoms with Crippen molar-refractivity contribution in [1.29, 1.82) is 0 Å².